The molecular weight excluding hydrogens is 568 g/mol. The zero-order valence-corrected chi connectivity index (χ0v) is 24.7. The number of fused-ring (bicyclic) bond motifs is 8. The molecule has 1 aliphatic rings. The molecule has 6 nitrogen and oxygen atoms in total. The summed E-state index contributed by atoms with van der Waals surface area (Å²) < 4.78 is 4.47. The van der Waals surface area contributed by atoms with Crippen molar-refractivity contribution in [1.29, 1.82) is 5.26 Å². The van der Waals surface area contributed by atoms with E-state index in [4.69, 9.17) is 0 Å². The molecule has 3 heterocycles. The quantitative estimate of drug-likeness (QED) is 0.192. The first-order valence-corrected chi connectivity index (χ1v) is 15.1. The van der Waals surface area contributed by atoms with Gasteiger partial charge in [-0.2, -0.15) is 5.26 Å². The summed E-state index contributed by atoms with van der Waals surface area (Å²) in [4.78, 5) is 28.1. The first kappa shape index (κ1) is 26.0. The summed E-state index contributed by atoms with van der Waals surface area (Å²) in [5, 5.41) is 14.6. The Balaban J connectivity index is 1.34. The Labute approximate surface area is 263 Å². The van der Waals surface area contributed by atoms with E-state index in [1.54, 1.807) is 36.4 Å². The van der Waals surface area contributed by atoms with Crippen LogP contribution in [0.25, 0.3) is 55.0 Å². The van der Waals surface area contributed by atoms with Crippen LogP contribution in [0.2, 0.25) is 0 Å². The van der Waals surface area contributed by atoms with Crippen molar-refractivity contribution in [2.24, 2.45) is 0 Å². The van der Waals surface area contributed by atoms with Crippen LogP contribution < -0.4 is 4.90 Å². The fourth-order valence-electron chi connectivity index (χ4n) is 7.12. The first-order chi connectivity index (χ1) is 22.5. The zero-order valence-electron chi connectivity index (χ0n) is 24.7. The second kappa shape index (κ2) is 9.52. The highest BCUT2D eigenvalue weighted by Gasteiger charge is 2.37. The van der Waals surface area contributed by atoms with Gasteiger partial charge in [0.25, 0.3) is 11.8 Å². The predicted octanol–water partition coefficient (Wildman–Crippen LogP) is 8.86. The van der Waals surface area contributed by atoms with E-state index in [1.165, 1.54) is 5.56 Å². The van der Waals surface area contributed by atoms with Crippen LogP contribution >= 0.6 is 0 Å². The Morgan fingerprint density at radius 2 is 1.04 bits per heavy atom. The number of anilines is 1. The molecule has 6 heteroatoms. The number of imide groups is 1. The van der Waals surface area contributed by atoms with Crippen LogP contribution in [0.4, 0.5) is 5.69 Å². The van der Waals surface area contributed by atoms with Gasteiger partial charge in [0.05, 0.1) is 44.4 Å². The van der Waals surface area contributed by atoms with Crippen molar-refractivity contribution in [1.82, 2.24) is 9.13 Å². The summed E-state index contributed by atoms with van der Waals surface area (Å²) in [6, 6.07) is 44.0. The fraction of sp³-hybridized carbons (Fsp3) is 0.0250. The van der Waals surface area contributed by atoms with Crippen molar-refractivity contribution in [3.05, 3.63) is 150 Å². The number of hydrogen-bond acceptors (Lipinski definition) is 3. The van der Waals surface area contributed by atoms with Crippen LogP contribution in [0.3, 0.4) is 0 Å². The molecule has 0 aliphatic carbocycles. The van der Waals surface area contributed by atoms with Crippen LogP contribution in [0.15, 0.2) is 127 Å². The summed E-state index contributed by atoms with van der Waals surface area (Å²) in [6.07, 6.45) is 0. The molecule has 46 heavy (non-hydrogen) atoms. The van der Waals surface area contributed by atoms with Crippen molar-refractivity contribution in [3.63, 3.8) is 0 Å². The number of hydrogen-bond donors (Lipinski definition) is 0. The summed E-state index contributed by atoms with van der Waals surface area (Å²) in [6.45, 7) is 2.09. The lowest BCUT2D eigenvalue weighted by molar-refractivity contribution is 0.0926. The number of benzene rings is 6. The lowest BCUT2D eigenvalue weighted by Gasteiger charge is -2.18. The van der Waals surface area contributed by atoms with Gasteiger partial charge in [0.15, 0.2) is 0 Å². The number of nitrogens with zero attached hydrogens (tertiary/aromatic N) is 4. The maximum absolute atomic E-state index is 13.5. The van der Waals surface area contributed by atoms with Crippen LogP contribution in [0, 0.1) is 18.3 Å². The van der Waals surface area contributed by atoms with Crippen LogP contribution in [-0.2, 0) is 0 Å². The lowest BCUT2D eigenvalue weighted by atomic mass is 10.1. The largest absolute Gasteiger partial charge is 0.309 e. The Hall–Kier alpha value is -6.45. The average molecular weight is 593 g/mol. The molecule has 0 fully saturated rings. The summed E-state index contributed by atoms with van der Waals surface area (Å²) >= 11 is 0. The van der Waals surface area contributed by atoms with Gasteiger partial charge in [0, 0.05) is 32.9 Å². The van der Waals surface area contributed by atoms with Gasteiger partial charge in [-0.25, -0.2) is 4.90 Å². The standard InChI is InChI=1S/C40H24N4O2/c1-24-14-17-26(18-15-24)42-32-12-6-4-10-30(32)37-34(42)20-21-35-38(37)31-11-5-7-13-33(31)43(35)27-19-16-25(23-41)36(22-27)44-39(45)28-8-2-3-9-29(28)40(44)46/h2-22H,1H3. The minimum atomic E-state index is -0.429. The molecule has 6 aromatic carbocycles. The monoisotopic (exact) mass is 592 g/mol. The van der Waals surface area contributed by atoms with E-state index in [0.717, 1.165) is 59.9 Å². The summed E-state index contributed by atoms with van der Waals surface area (Å²) in [7, 11) is 0. The Morgan fingerprint density at radius 3 is 1.61 bits per heavy atom. The lowest BCUT2D eigenvalue weighted by Crippen LogP contribution is -2.30. The van der Waals surface area contributed by atoms with Crippen LogP contribution in [-0.4, -0.2) is 20.9 Å². The van der Waals surface area contributed by atoms with Gasteiger partial charge in [-0.1, -0.05) is 66.2 Å². The Bertz CT molecular complexity index is 2620. The van der Waals surface area contributed by atoms with Gasteiger partial charge in [-0.3, -0.25) is 9.59 Å². The second-order valence-electron chi connectivity index (χ2n) is 11.7. The molecular formula is C40H24N4O2. The fourth-order valence-corrected chi connectivity index (χ4v) is 7.12. The molecule has 2 amide bonds. The van der Waals surface area contributed by atoms with Crippen molar-refractivity contribution < 1.29 is 9.59 Å². The number of rotatable bonds is 3. The molecule has 0 atom stereocenters. The summed E-state index contributed by atoms with van der Waals surface area (Å²) in [5.74, 6) is -0.857. The van der Waals surface area contributed by atoms with Gasteiger partial charge in [0.1, 0.15) is 6.07 Å². The second-order valence-corrected chi connectivity index (χ2v) is 11.7. The van der Waals surface area contributed by atoms with Crippen LogP contribution in [0.5, 0.6) is 0 Å². The molecule has 0 saturated carbocycles. The third-order valence-electron chi connectivity index (χ3n) is 9.16. The third-order valence-corrected chi connectivity index (χ3v) is 9.16. The molecule has 0 bridgehead atoms. The molecule has 0 unspecified atom stereocenters. The van der Waals surface area contributed by atoms with Crippen molar-refractivity contribution in [2.75, 3.05) is 4.90 Å². The van der Waals surface area contributed by atoms with E-state index in [9.17, 15) is 14.9 Å². The van der Waals surface area contributed by atoms with Gasteiger partial charge < -0.3 is 9.13 Å². The van der Waals surface area contributed by atoms with Gasteiger partial charge in [-0.15, -0.1) is 0 Å². The smallest absolute Gasteiger partial charge is 0.266 e. The number of carbonyl (C=O) groups is 2. The maximum atomic E-state index is 13.5. The molecule has 0 radical (unpaired) electrons. The third kappa shape index (κ3) is 3.45. The van der Waals surface area contributed by atoms with Gasteiger partial charge in [-0.05, 0) is 73.7 Å². The highest BCUT2D eigenvalue weighted by atomic mass is 16.2. The Kier molecular flexibility index (Phi) is 5.38. The molecule has 216 valence electrons. The van der Waals surface area contributed by atoms with Gasteiger partial charge in [0.2, 0.25) is 0 Å². The van der Waals surface area contributed by atoms with E-state index in [0.29, 0.717) is 11.1 Å². The number of aromatic nitrogens is 2. The average Bonchev–Trinajstić information content (AvgIpc) is 3.70. The molecule has 9 rings (SSSR count). The van der Waals surface area contributed by atoms with Crippen molar-refractivity contribution in [3.8, 4) is 17.4 Å². The highest BCUT2D eigenvalue weighted by molar-refractivity contribution is 6.35. The van der Waals surface area contributed by atoms with Gasteiger partial charge >= 0.3 is 0 Å². The molecule has 0 saturated heterocycles. The number of para-hydroxylation sites is 2. The topological polar surface area (TPSA) is 71.0 Å². The number of nitriles is 1. The van der Waals surface area contributed by atoms with E-state index in [2.05, 4.69) is 94.9 Å². The number of aryl methyl sites for hydroxylation is 1. The van der Waals surface area contributed by atoms with E-state index in [-0.39, 0.29) is 11.3 Å². The molecule has 2 aromatic heterocycles. The SMILES string of the molecule is Cc1ccc(-n2c3ccccc3c3c4c5ccccc5n(-c5ccc(C#N)c(N6C(=O)c7ccccc7C6=O)c5)c4ccc32)cc1. The van der Waals surface area contributed by atoms with Crippen molar-refractivity contribution in [2.45, 2.75) is 6.92 Å². The minimum absolute atomic E-state index is 0.252. The normalized spacial score (nSPS) is 12.9. The van der Waals surface area contributed by atoms with Crippen molar-refractivity contribution >= 4 is 61.1 Å². The number of carbonyl (C=O) groups excluding carboxylic acids is 2. The maximum Gasteiger partial charge on any atom is 0.266 e. The van der Waals surface area contributed by atoms with Crippen LogP contribution in [0.1, 0.15) is 31.8 Å². The number of amides is 2. The summed E-state index contributed by atoms with van der Waals surface area (Å²) in [5.41, 5.74) is 8.44. The molecule has 0 spiro atoms. The molecule has 8 aromatic rings. The predicted molar refractivity (Wildman–Crippen MR) is 182 cm³/mol. The first-order valence-electron chi connectivity index (χ1n) is 15.1. The Morgan fingerprint density at radius 1 is 0.543 bits per heavy atom. The molecule has 0 N–H and O–H groups in total. The minimum Gasteiger partial charge on any atom is -0.309 e. The zero-order chi connectivity index (χ0) is 31.1. The van der Waals surface area contributed by atoms with E-state index < -0.39 is 11.8 Å². The van der Waals surface area contributed by atoms with E-state index in [1.807, 2.05) is 18.2 Å². The highest BCUT2D eigenvalue weighted by Crippen LogP contribution is 2.43. The molecule has 1 aliphatic heterocycles. The van der Waals surface area contributed by atoms with E-state index >= 15 is 0 Å².